The van der Waals surface area contributed by atoms with Gasteiger partial charge in [0.25, 0.3) is 0 Å². The van der Waals surface area contributed by atoms with Crippen LogP contribution in [0.4, 0.5) is 0 Å². The number of benzene rings is 2. The van der Waals surface area contributed by atoms with Gasteiger partial charge >= 0.3 is 0 Å². The van der Waals surface area contributed by atoms with Crippen LogP contribution in [-0.2, 0) is 11.2 Å². The molecule has 21 heavy (non-hydrogen) atoms. The van der Waals surface area contributed by atoms with Gasteiger partial charge in [0.2, 0.25) is 0 Å². The van der Waals surface area contributed by atoms with Crippen molar-refractivity contribution >= 4 is 0 Å². The van der Waals surface area contributed by atoms with E-state index in [1.165, 1.54) is 11.1 Å². The van der Waals surface area contributed by atoms with Gasteiger partial charge in [0, 0.05) is 13.2 Å². The van der Waals surface area contributed by atoms with Crippen LogP contribution < -0.4 is 5.32 Å². The van der Waals surface area contributed by atoms with Gasteiger partial charge in [-0.05, 0) is 30.5 Å². The van der Waals surface area contributed by atoms with Gasteiger partial charge < -0.3 is 10.1 Å². The Hall–Kier alpha value is -1.64. The molecule has 2 aromatic carbocycles. The Morgan fingerprint density at radius 3 is 2.14 bits per heavy atom. The van der Waals surface area contributed by atoms with Crippen molar-refractivity contribution in [3.63, 3.8) is 0 Å². The van der Waals surface area contributed by atoms with Crippen molar-refractivity contribution in [2.45, 2.75) is 31.9 Å². The highest BCUT2D eigenvalue weighted by Gasteiger charge is 2.22. The third-order valence-electron chi connectivity index (χ3n) is 3.70. The first kappa shape index (κ1) is 15.7. The predicted octanol–water partition coefficient (Wildman–Crippen LogP) is 3.99. The fourth-order valence-corrected chi connectivity index (χ4v) is 2.66. The molecule has 0 fully saturated rings. The first-order valence-electron chi connectivity index (χ1n) is 7.70. The van der Waals surface area contributed by atoms with Gasteiger partial charge in [0.1, 0.15) is 0 Å². The molecule has 2 heteroatoms. The number of ether oxygens (including phenoxy) is 1. The average molecular weight is 283 g/mol. The predicted molar refractivity (Wildman–Crippen MR) is 88.4 cm³/mol. The summed E-state index contributed by atoms with van der Waals surface area (Å²) in [6, 6.07) is 21.3. The first-order valence-corrected chi connectivity index (χ1v) is 7.70. The molecule has 0 aliphatic carbocycles. The van der Waals surface area contributed by atoms with Gasteiger partial charge in [-0.3, -0.25) is 0 Å². The van der Waals surface area contributed by atoms with Gasteiger partial charge in [0.05, 0.1) is 6.10 Å². The molecule has 112 valence electrons. The van der Waals surface area contributed by atoms with Crippen LogP contribution in [-0.4, -0.2) is 19.7 Å². The van der Waals surface area contributed by atoms with E-state index in [9.17, 15) is 0 Å². The summed E-state index contributed by atoms with van der Waals surface area (Å²) >= 11 is 0. The molecule has 2 aromatic rings. The number of hydrogen-bond acceptors (Lipinski definition) is 2. The van der Waals surface area contributed by atoms with Gasteiger partial charge in [-0.1, -0.05) is 67.6 Å². The van der Waals surface area contributed by atoms with Gasteiger partial charge in [-0.25, -0.2) is 0 Å². The van der Waals surface area contributed by atoms with Crippen LogP contribution >= 0.6 is 0 Å². The summed E-state index contributed by atoms with van der Waals surface area (Å²) < 4.78 is 5.81. The third-order valence-corrected chi connectivity index (χ3v) is 3.70. The maximum atomic E-state index is 5.81. The summed E-state index contributed by atoms with van der Waals surface area (Å²) in [4.78, 5) is 0. The maximum Gasteiger partial charge on any atom is 0.0977 e. The van der Waals surface area contributed by atoms with E-state index in [-0.39, 0.29) is 12.1 Å². The molecule has 2 rings (SSSR count). The zero-order valence-corrected chi connectivity index (χ0v) is 13.0. The smallest absolute Gasteiger partial charge is 0.0977 e. The SMILES string of the molecule is CCCNC(Cc1ccccc1)C(OC)c1ccccc1. The topological polar surface area (TPSA) is 21.3 Å². The summed E-state index contributed by atoms with van der Waals surface area (Å²) in [5, 5.41) is 3.64. The first-order chi connectivity index (χ1) is 10.3. The number of methoxy groups -OCH3 is 1. The highest BCUT2D eigenvalue weighted by atomic mass is 16.5. The van der Waals surface area contributed by atoms with Crippen molar-refractivity contribution < 1.29 is 4.74 Å². The lowest BCUT2D eigenvalue weighted by Crippen LogP contribution is -2.38. The highest BCUT2D eigenvalue weighted by molar-refractivity contribution is 5.22. The van der Waals surface area contributed by atoms with E-state index in [0.717, 1.165) is 19.4 Å². The molecule has 0 saturated heterocycles. The van der Waals surface area contributed by atoms with Crippen molar-refractivity contribution in [3.05, 3.63) is 71.8 Å². The average Bonchev–Trinajstić information content (AvgIpc) is 2.55. The van der Waals surface area contributed by atoms with Gasteiger partial charge in [0.15, 0.2) is 0 Å². The summed E-state index contributed by atoms with van der Waals surface area (Å²) in [6.45, 7) is 3.20. The number of nitrogens with one attached hydrogen (secondary N) is 1. The van der Waals surface area contributed by atoms with Gasteiger partial charge in [-0.2, -0.15) is 0 Å². The lowest BCUT2D eigenvalue weighted by molar-refractivity contribution is 0.0678. The molecule has 0 aromatic heterocycles. The molecule has 0 amide bonds. The fraction of sp³-hybridized carbons (Fsp3) is 0.368. The molecular formula is C19H25NO. The third kappa shape index (κ3) is 4.69. The minimum absolute atomic E-state index is 0.0676. The van der Waals surface area contributed by atoms with Crippen LogP contribution in [0.25, 0.3) is 0 Å². The van der Waals surface area contributed by atoms with Gasteiger partial charge in [-0.15, -0.1) is 0 Å². The minimum atomic E-state index is 0.0676. The Balaban J connectivity index is 2.17. The zero-order chi connectivity index (χ0) is 14.9. The maximum absolute atomic E-state index is 5.81. The largest absolute Gasteiger partial charge is 0.375 e. The zero-order valence-electron chi connectivity index (χ0n) is 13.0. The molecule has 1 N–H and O–H groups in total. The van der Waals surface area contributed by atoms with E-state index in [0.29, 0.717) is 0 Å². The molecule has 0 spiro atoms. The lowest BCUT2D eigenvalue weighted by Gasteiger charge is -2.27. The summed E-state index contributed by atoms with van der Waals surface area (Å²) in [5.74, 6) is 0. The normalized spacial score (nSPS) is 13.8. The Bertz CT molecular complexity index is 497. The molecule has 2 atom stereocenters. The second kappa shape index (κ2) is 8.60. The van der Waals surface area contributed by atoms with E-state index in [4.69, 9.17) is 4.74 Å². The molecule has 2 nitrogen and oxygen atoms in total. The van der Waals surface area contributed by atoms with E-state index in [2.05, 4.69) is 66.8 Å². The summed E-state index contributed by atoms with van der Waals surface area (Å²) in [5.41, 5.74) is 2.56. The lowest BCUT2D eigenvalue weighted by atomic mass is 9.96. The van der Waals surface area contributed by atoms with Crippen LogP contribution in [0.15, 0.2) is 60.7 Å². The Morgan fingerprint density at radius 2 is 1.57 bits per heavy atom. The Kier molecular flexibility index (Phi) is 6.45. The monoisotopic (exact) mass is 283 g/mol. The molecule has 0 saturated carbocycles. The molecular weight excluding hydrogens is 258 g/mol. The van der Waals surface area contributed by atoms with Crippen molar-refractivity contribution in [2.75, 3.05) is 13.7 Å². The summed E-state index contributed by atoms with van der Waals surface area (Å²) in [6.07, 6.45) is 2.16. The number of rotatable bonds is 8. The van der Waals surface area contributed by atoms with Crippen LogP contribution in [0.1, 0.15) is 30.6 Å². The fourth-order valence-electron chi connectivity index (χ4n) is 2.66. The van der Waals surface area contributed by atoms with Crippen LogP contribution in [0.2, 0.25) is 0 Å². The van der Waals surface area contributed by atoms with Crippen molar-refractivity contribution in [1.29, 1.82) is 0 Å². The van der Waals surface area contributed by atoms with E-state index >= 15 is 0 Å². The highest BCUT2D eigenvalue weighted by Crippen LogP contribution is 2.23. The van der Waals surface area contributed by atoms with E-state index in [1.807, 2.05) is 6.07 Å². The van der Waals surface area contributed by atoms with Crippen LogP contribution in [0.3, 0.4) is 0 Å². The molecule has 0 aliphatic heterocycles. The standard InChI is InChI=1S/C19H25NO/c1-3-14-20-18(15-16-10-6-4-7-11-16)19(21-2)17-12-8-5-9-13-17/h4-13,18-20H,3,14-15H2,1-2H3. The molecule has 0 heterocycles. The van der Waals surface area contributed by atoms with Crippen molar-refractivity contribution in [1.82, 2.24) is 5.32 Å². The minimum Gasteiger partial charge on any atom is -0.375 e. The van der Waals surface area contributed by atoms with E-state index < -0.39 is 0 Å². The molecule has 0 bridgehead atoms. The van der Waals surface area contributed by atoms with Crippen LogP contribution in [0, 0.1) is 0 Å². The Labute approximate surface area is 128 Å². The van der Waals surface area contributed by atoms with Crippen LogP contribution in [0.5, 0.6) is 0 Å². The Morgan fingerprint density at radius 1 is 0.952 bits per heavy atom. The quantitative estimate of drug-likeness (QED) is 0.791. The number of hydrogen-bond donors (Lipinski definition) is 1. The second-order valence-electron chi connectivity index (χ2n) is 5.32. The van der Waals surface area contributed by atoms with Crippen molar-refractivity contribution in [2.24, 2.45) is 0 Å². The molecule has 0 radical (unpaired) electrons. The van der Waals surface area contributed by atoms with E-state index in [1.54, 1.807) is 7.11 Å². The molecule has 0 aliphatic rings. The molecule has 2 unspecified atom stereocenters. The van der Waals surface area contributed by atoms with Crippen molar-refractivity contribution in [3.8, 4) is 0 Å². The summed E-state index contributed by atoms with van der Waals surface area (Å²) in [7, 11) is 1.79. The second-order valence-corrected chi connectivity index (χ2v) is 5.32.